The molecule has 0 N–H and O–H groups in total. The molecular formula is C5H13Sn. The van der Waals surface area contributed by atoms with Crippen molar-refractivity contribution in [2.24, 2.45) is 0 Å². The molecule has 0 aliphatic carbocycles. The van der Waals surface area contributed by atoms with Gasteiger partial charge >= 0.3 is 44.6 Å². The van der Waals surface area contributed by atoms with Crippen LogP contribution in [0.5, 0.6) is 0 Å². The Morgan fingerprint density at radius 2 is 1.50 bits per heavy atom. The maximum atomic E-state index is 3.85. The molecule has 0 aromatic rings. The SMILES string of the molecule is [CH2][CH2][Sn]([CH3])([CH3])[CH3]. The van der Waals surface area contributed by atoms with Gasteiger partial charge in [-0.05, 0) is 0 Å². The first-order valence-corrected chi connectivity index (χ1v) is 12.9. The van der Waals surface area contributed by atoms with Crippen LogP contribution in [0, 0.1) is 6.92 Å². The van der Waals surface area contributed by atoms with E-state index in [1.807, 2.05) is 0 Å². The molecule has 0 rings (SSSR count). The molecule has 0 saturated carbocycles. The van der Waals surface area contributed by atoms with Crippen LogP contribution < -0.4 is 0 Å². The van der Waals surface area contributed by atoms with Crippen molar-refractivity contribution < 1.29 is 0 Å². The fourth-order valence-electron chi connectivity index (χ4n) is 0. The first-order valence-electron chi connectivity index (χ1n) is 2.35. The number of hydrogen-bond acceptors (Lipinski definition) is 0. The van der Waals surface area contributed by atoms with Crippen molar-refractivity contribution in [3.05, 3.63) is 6.92 Å². The molecule has 0 amide bonds. The zero-order valence-corrected chi connectivity index (χ0v) is 7.77. The van der Waals surface area contributed by atoms with E-state index in [1.165, 1.54) is 4.44 Å². The molecule has 0 heterocycles. The van der Waals surface area contributed by atoms with Crippen LogP contribution >= 0.6 is 0 Å². The van der Waals surface area contributed by atoms with Gasteiger partial charge in [-0.3, -0.25) is 0 Å². The van der Waals surface area contributed by atoms with E-state index in [9.17, 15) is 0 Å². The third-order valence-corrected chi connectivity index (χ3v) is 5.03. The fraction of sp³-hybridized carbons (Fsp3) is 0.800. The molecule has 0 spiro atoms. The van der Waals surface area contributed by atoms with Crippen LogP contribution in [0.1, 0.15) is 0 Å². The second-order valence-corrected chi connectivity index (χ2v) is 18.9. The molecule has 1 radical (unpaired) electrons. The molecule has 0 aromatic heterocycles. The molecule has 0 nitrogen and oxygen atoms in total. The molecule has 0 unspecified atom stereocenters. The number of hydrogen-bond donors (Lipinski definition) is 0. The molecule has 0 atom stereocenters. The van der Waals surface area contributed by atoms with E-state index in [0.29, 0.717) is 0 Å². The molecule has 0 bridgehead atoms. The summed E-state index contributed by atoms with van der Waals surface area (Å²) in [6, 6.07) is 0. The van der Waals surface area contributed by atoms with Gasteiger partial charge in [-0.2, -0.15) is 0 Å². The summed E-state index contributed by atoms with van der Waals surface area (Å²) in [7, 11) is 0. The van der Waals surface area contributed by atoms with Gasteiger partial charge in [0.1, 0.15) is 0 Å². The van der Waals surface area contributed by atoms with E-state index in [1.54, 1.807) is 0 Å². The van der Waals surface area contributed by atoms with Gasteiger partial charge in [0.25, 0.3) is 0 Å². The first kappa shape index (κ1) is 6.80. The summed E-state index contributed by atoms with van der Waals surface area (Å²) in [4.78, 5) is 7.17. The molecular weight excluding hydrogens is 179 g/mol. The Labute approximate surface area is 44.8 Å². The predicted octanol–water partition coefficient (Wildman–Crippen LogP) is 2.16. The average molecular weight is 192 g/mol. The summed E-state index contributed by atoms with van der Waals surface area (Å²) in [6.45, 7) is 3.85. The first-order chi connectivity index (χ1) is 2.56. The van der Waals surface area contributed by atoms with Gasteiger partial charge in [0, 0.05) is 0 Å². The van der Waals surface area contributed by atoms with Crippen molar-refractivity contribution >= 4 is 18.4 Å². The van der Waals surface area contributed by atoms with Crippen LogP contribution in [0.25, 0.3) is 0 Å². The van der Waals surface area contributed by atoms with Crippen molar-refractivity contribution in [1.29, 1.82) is 0 Å². The van der Waals surface area contributed by atoms with E-state index < -0.39 is 18.4 Å². The Balaban J connectivity index is 3.17. The molecule has 0 aliphatic rings. The van der Waals surface area contributed by atoms with Crippen LogP contribution in [0.15, 0.2) is 0 Å². The normalized spacial score (nSPS) is 12.0. The topological polar surface area (TPSA) is 0 Å². The Bertz CT molecular complexity index is 33.7. The van der Waals surface area contributed by atoms with Crippen molar-refractivity contribution in [2.75, 3.05) is 0 Å². The Hall–Kier alpha value is 0.799. The van der Waals surface area contributed by atoms with Gasteiger partial charge in [0.15, 0.2) is 0 Å². The minimum absolute atomic E-state index is 1.23. The van der Waals surface area contributed by atoms with E-state index in [-0.39, 0.29) is 0 Å². The minimum atomic E-state index is -1.34. The molecule has 6 heavy (non-hydrogen) atoms. The van der Waals surface area contributed by atoms with Gasteiger partial charge in [-0.1, -0.05) is 0 Å². The summed E-state index contributed by atoms with van der Waals surface area (Å²) in [6.07, 6.45) is 0. The van der Waals surface area contributed by atoms with Crippen molar-refractivity contribution in [3.8, 4) is 0 Å². The van der Waals surface area contributed by atoms with E-state index in [0.717, 1.165) is 0 Å². The summed E-state index contributed by atoms with van der Waals surface area (Å²) < 4.78 is 1.23. The Morgan fingerprint density at radius 1 is 1.33 bits per heavy atom. The summed E-state index contributed by atoms with van der Waals surface area (Å²) in [5.41, 5.74) is 0. The van der Waals surface area contributed by atoms with E-state index in [2.05, 4.69) is 21.7 Å². The van der Waals surface area contributed by atoms with Crippen molar-refractivity contribution in [2.45, 2.75) is 19.3 Å². The van der Waals surface area contributed by atoms with E-state index in [4.69, 9.17) is 0 Å². The van der Waals surface area contributed by atoms with Gasteiger partial charge in [-0.25, -0.2) is 0 Å². The van der Waals surface area contributed by atoms with Gasteiger partial charge in [0.2, 0.25) is 0 Å². The molecule has 0 saturated heterocycles. The summed E-state index contributed by atoms with van der Waals surface area (Å²) in [5.74, 6) is 0. The zero-order chi connectivity index (χ0) is 5.21. The van der Waals surface area contributed by atoms with Crippen LogP contribution in [0.4, 0.5) is 0 Å². The van der Waals surface area contributed by atoms with Gasteiger partial charge in [-0.15, -0.1) is 0 Å². The average Bonchev–Trinajstić information content (AvgIpc) is 1.35. The molecule has 0 aromatic carbocycles. The van der Waals surface area contributed by atoms with Crippen molar-refractivity contribution in [3.63, 3.8) is 0 Å². The van der Waals surface area contributed by atoms with Crippen LogP contribution in [0.2, 0.25) is 19.3 Å². The third-order valence-electron chi connectivity index (χ3n) is 0.750. The molecule has 0 aliphatic heterocycles. The summed E-state index contributed by atoms with van der Waals surface area (Å²) >= 11 is -1.34. The standard InChI is InChI=1S/C2H4.3CH3.Sn/c1-2;;;;/h1-2H2;3*1H3;. The fourth-order valence-corrected chi connectivity index (χ4v) is 0. The number of rotatable bonds is 1. The maximum absolute atomic E-state index is 3.85. The van der Waals surface area contributed by atoms with E-state index >= 15 is 0 Å². The molecule has 1 heteroatoms. The molecule has 37 valence electrons. The Morgan fingerprint density at radius 3 is 1.50 bits per heavy atom. The molecule has 0 fully saturated rings. The van der Waals surface area contributed by atoms with Gasteiger partial charge in [0.05, 0.1) is 0 Å². The van der Waals surface area contributed by atoms with Gasteiger partial charge < -0.3 is 0 Å². The second-order valence-electron chi connectivity index (χ2n) is 2.81. The predicted molar refractivity (Wildman–Crippen MR) is 33.5 cm³/mol. The van der Waals surface area contributed by atoms with Crippen LogP contribution in [0.3, 0.4) is 0 Å². The summed E-state index contributed by atoms with van der Waals surface area (Å²) in [5, 5.41) is 0. The van der Waals surface area contributed by atoms with Crippen LogP contribution in [-0.4, -0.2) is 18.4 Å². The monoisotopic (exact) mass is 193 g/mol. The zero-order valence-electron chi connectivity index (χ0n) is 4.91. The Kier molecular flexibility index (Phi) is 2.49. The third kappa shape index (κ3) is 4.80. The van der Waals surface area contributed by atoms with Crippen LogP contribution in [-0.2, 0) is 0 Å². The quantitative estimate of drug-likeness (QED) is 0.558. The second kappa shape index (κ2) is 2.20. The van der Waals surface area contributed by atoms with Crippen molar-refractivity contribution in [1.82, 2.24) is 0 Å².